The van der Waals surface area contributed by atoms with Gasteiger partial charge in [0.15, 0.2) is 0 Å². The maximum Gasteiger partial charge on any atom is 0.118 e. The summed E-state index contributed by atoms with van der Waals surface area (Å²) < 4.78 is 5.18. The molecule has 0 saturated carbocycles. The molecule has 0 saturated heterocycles. The van der Waals surface area contributed by atoms with Crippen LogP contribution in [0, 0.1) is 0 Å². The molecular weight excluding hydrogens is 236 g/mol. The van der Waals surface area contributed by atoms with E-state index in [1.807, 2.05) is 19.2 Å². The number of methoxy groups -OCH3 is 1. The summed E-state index contributed by atoms with van der Waals surface area (Å²) >= 11 is 0. The van der Waals surface area contributed by atoms with E-state index in [0.717, 1.165) is 18.6 Å². The Balaban J connectivity index is 2.62. The molecule has 1 unspecified atom stereocenters. The predicted molar refractivity (Wildman–Crippen MR) is 81.9 cm³/mol. The van der Waals surface area contributed by atoms with E-state index >= 15 is 0 Å². The third-order valence-corrected chi connectivity index (χ3v) is 4.23. The van der Waals surface area contributed by atoms with Gasteiger partial charge in [-0.15, -0.1) is 0 Å². The molecule has 0 radical (unpaired) electrons. The first-order valence-corrected chi connectivity index (χ1v) is 6.89. The Morgan fingerprint density at radius 3 is 2.21 bits per heavy atom. The van der Waals surface area contributed by atoms with Gasteiger partial charge in [0.25, 0.3) is 0 Å². The molecule has 0 aliphatic carbocycles. The Kier molecular flexibility index (Phi) is 5.83. The summed E-state index contributed by atoms with van der Waals surface area (Å²) in [6.07, 6.45) is 2.20. The third-order valence-electron chi connectivity index (χ3n) is 4.23. The largest absolute Gasteiger partial charge is 0.497 e. The van der Waals surface area contributed by atoms with Crippen LogP contribution in [-0.4, -0.2) is 44.7 Å². The molecule has 1 rings (SSSR count). The molecule has 0 heterocycles. The van der Waals surface area contributed by atoms with Gasteiger partial charge >= 0.3 is 0 Å². The fourth-order valence-corrected chi connectivity index (χ4v) is 2.27. The van der Waals surface area contributed by atoms with Crippen LogP contribution in [0.1, 0.15) is 25.8 Å². The molecule has 0 amide bonds. The topological polar surface area (TPSA) is 24.5 Å². The fourth-order valence-electron chi connectivity index (χ4n) is 2.27. The van der Waals surface area contributed by atoms with Crippen molar-refractivity contribution in [3.8, 4) is 5.75 Å². The zero-order valence-electron chi connectivity index (χ0n) is 13.2. The number of benzene rings is 1. The lowest BCUT2D eigenvalue weighted by molar-refractivity contribution is 0.137. The second kappa shape index (κ2) is 6.92. The van der Waals surface area contributed by atoms with Crippen LogP contribution >= 0.6 is 0 Å². The highest BCUT2D eigenvalue weighted by Gasteiger charge is 2.29. The summed E-state index contributed by atoms with van der Waals surface area (Å²) in [6, 6.07) is 8.81. The van der Waals surface area contributed by atoms with Crippen molar-refractivity contribution in [2.24, 2.45) is 0 Å². The predicted octanol–water partition coefficient (Wildman–Crippen LogP) is 2.56. The molecule has 19 heavy (non-hydrogen) atoms. The van der Waals surface area contributed by atoms with Gasteiger partial charge in [-0.3, -0.25) is 0 Å². The number of rotatable bonds is 7. The lowest BCUT2D eigenvalue weighted by Crippen LogP contribution is -2.54. The minimum Gasteiger partial charge on any atom is -0.497 e. The molecule has 3 heteroatoms. The third kappa shape index (κ3) is 4.22. The van der Waals surface area contributed by atoms with Crippen LogP contribution in [0.25, 0.3) is 0 Å². The van der Waals surface area contributed by atoms with E-state index in [2.05, 4.69) is 50.3 Å². The van der Waals surface area contributed by atoms with Crippen LogP contribution in [0.5, 0.6) is 5.75 Å². The molecular formula is C16H28N2O. The maximum absolute atomic E-state index is 5.18. The van der Waals surface area contributed by atoms with Gasteiger partial charge in [-0.25, -0.2) is 0 Å². The quantitative estimate of drug-likeness (QED) is 0.819. The van der Waals surface area contributed by atoms with Crippen LogP contribution in [0.2, 0.25) is 0 Å². The highest BCUT2D eigenvalue weighted by molar-refractivity contribution is 5.27. The van der Waals surface area contributed by atoms with Gasteiger partial charge in [0, 0.05) is 11.6 Å². The van der Waals surface area contributed by atoms with Crippen LogP contribution in [-0.2, 0) is 6.42 Å². The van der Waals surface area contributed by atoms with E-state index in [0.29, 0.717) is 6.04 Å². The number of ether oxygens (including phenoxy) is 1. The number of hydrogen-bond donors (Lipinski definition) is 1. The van der Waals surface area contributed by atoms with E-state index in [1.54, 1.807) is 7.11 Å². The number of aryl methyl sites for hydroxylation is 1. The summed E-state index contributed by atoms with van der Waals surface area (Å²) in [5.74, 6) is 0.919. The van der Waals surface area contributed by atoms with Crippen LogP contribution in [0.15, 0.2) is 24.3 Å². The fraction of sp³-hybridized carbons (Fsp3) is 0.625. The van der Waals surface area contributed by atoms with Gasteiger partial charge in [0.1, 0.15) is 5.75 Å². The summed E-state index contributed by atoms with van der Waals surface area (Å²) in [6.45, 7) is 4.56. The Labute approximate surface area is 118 Å². The van der Waals surface area contributed by atoms with E-state index in [9.17, 15) is 0 Å². The highest BCUT2D eigenvalue weighted by Crippen LogP contribution is 2.20. The summed E-state index contributed by atoms with van der Waals surface area (Å²) in [4.78, 5) is 2.28. The minimum absolute atomic E-state index is 0.140. The second-order valence-electron chi connectivity index (χ2n) is 5.78. The van der Waals surface area contributed by atoms with Gasteiger partial charge in [0.05, 0.1) is 7.11 Å². The van der Waals surface area contributed by atoms with Crippen LogP contribution < -0.4 is 10.1 Å². The molecule has 0 spiro atoms. The van der Waals surface area contributed by atoms with Crippen molar-refractivity contribution in [3.05, 3.63) is 29.8 Å². The second-order valence-corrected chi connectivity index (χ2v) is 5.78. The lowest BCUT2D eigenvalue weighted by atomic mass is 9.88. The van der Waals surface area contributed by atoms with Gasteiger partial charge in [-0.05, 0) is 65.5 Å². The van der Waals surface area contributed by atoms with Crippen molar-refractivity contribution >= 4 is 0 Å². The molecule has 1 aromatic rings. The van der Waals surface area contributed by atoms with E-state index < -0.39 is 0 Å². The molecule has 0 aliphatic rings. The van der Waals surface area contributed by atoms with Gasteiger partial charge in [-0.2, -0.15) is 0 Å². The summed E-state index contributed by atoms with van der Waals surface area (Å²) in [5, 5.41) is 3.45. The first-order chi connectivity index (χ1) is 8.91. The number of nitrogens with zero attached hydrogens (tertiary/aromatic N) is 1. The minimum atomic E-state index is 0.140. The van der Waals surface area contributed by atoms with Gasteiger partial charge in [-0.1, -0.05) is 12.1 Å². The molecule has 0 aliphatic heterocycles. The van der Waals surface area contributed by atoms with Crippen molar-refractivity contribution in [3.63, 3.8) is 0 Å². The van der Waals surface area contributed by atoms with Crippen molar-refractivity contribution in [1.29, 1.82) is 0 Å². The molecule has 0 bridgehead atoms. The van der Waals surface area contributed by atoms with Crippen molar-refractivity contribution in [2.75, 3.05) is 28.3 Å². The van der Waals surface area contributed by atoms with E-state index in [4.69, 9.17) is 4.74 Å². The lowest BCUT2D eigenvalue weighted by Gasteiger charge is -2.40. The molecule has 1 N–H and O–H groups in total. The van der Waals surface area contributed by atoms with Crippen molar-refractivity contribution in [2.45, 2.75) is 38.3 Å². The molecule has 0 fully saturated rings. The number of hydrogen-bond acceptors (Lipinski definition) is 3. The molecule has 3 nitrogen and oxygen atoms in total. The van der Waals surface area contributed by atoms with Crippen LogP contribution in [0.3, 0.4) is 0 Å². The Morgan fingerprint density at radius 2 is 1.79 bits per heavy atom. The Bertz CT molecular complexity index is 371. The van der Waals surface area contributed by atoms with Gasteiger partial charge in [0.2, 0.25) is 0 Å². The molecule has 1 aromatic carbocycles. The molecule has 1 atom stereocenters. The molecule has 0 aromatic heterocycles. The Morgan fingerprint density at radius 1 is 1.21 bits per heavy atom. The molecule has 108 valence electrons. The normalized spacial score (nSPS) is 13.6. The van der Waals surface area contributed by atoms with Crippen LogP contribution in [0.4, 0.5) is 0 Å². The highest BCUT2D eigenvalue weighted by atomic mass is 16.5. The van der Waals surface area contributed by atoms with Gasteiger partial charge < -0.3 is 15.0 Å². The zero-order chi connectivity index (χ0) is 14.5. The monoisotopic (exact) mass is 264 g/mol. The van der Waals surface area contributed by atoms with Crippen molar-refractivity contribution < 1.29 is 4.74 Å². The average Bonchev–Trinajstić information content (AvgIpc) is 2.39. The first-order valence-electron chi connectivity index (χ1n) is 6.89. The number of nitrogens with one attached hydrogen (secondary N) is 1. The summed E-state index contributed by atoms with van der Waals surface area (Å²) in [7, 11) is 8.02. The van der Waals surface area contributed by atoms with E-state index in [-0.39, 0.29) is 5.54 Å². The summed E-state index contributed by atoms with van der Waals surface area (Å²) in [5.41, 5.74) is 1.50. The zero-order valence-corrected chi connectivity index (χ0v) is 13.2. The maximum atomic E-state index is 5.18. The number of likely N-dealkylation sites (N-methyl/N-ethyl adjacent to an activating group) is 2. The van der Waals surface area contributed by atoms with E-state index in [1.165, 1.54) is 5.56 Å². The van der Waals surface area contributed by atoms with Crippen molar-refractivity contribution in [1.82, 2.24) is 10.2 Å². The smallest absolute Gasteiger partial charge is 0.118 e. The SMILES string of the molecule is CNC(CCc1ccc(OC)cc1)C(C)(C)N(C)C. The Hall–Kier alpha value is -1.06. The average molecular weight is 264 g/mol. The standard InChI is InChI=1S/C16H28N2O/c1-16(2,18(4)5)15(17-3)12-9-13-7-10-14(19-6)11-8-13/h7-8,10-11,15,17H,9,12H2,1-6H3. The first kappa shape index (κ1) is 16.0.